The van der Waals surface area contributed by atoms with E-state index in [2.05, 4.69) is 26.2 Å². The van der Waals surface area contributed by atoms with Crippen molar-refractivity contribution in [3.63, 3.8) is 0 Å². The summed E-state index contributed by atoms with van der Waals surface area (Å²) < 4.78 is 10.6. The number of fused-ring (bicyclic) bond motifs is 1. The van der Waals surface area contributed by atoms with Crippen LogP contribution in [0.5, 0.6) is 0 Å². The van der Waals surface area contributed by atoms with Crippen molar-refractivity contribution in [2.24, 2.45) is 5.92 Å². The zero-order valence-corrected chi connectivity index (χ0v) is 16.2. The number of rotatable bonds is 8. The Bertz CT molecular complexity index is 784. The number of hydrogen-bond donors (Lipinski definition) is 2. The first-order valence-electron chi connectivity index (χ1n) is 8.34. The molecule has 0 saturated carbocycles. The first-order valence-corrected chi connectivity index (χ1v) is 9.13. The molecule has 8 heteroatoms. The molecule has 0 saturated heterocycles. The Hall–Kier alpha value is -2.35. The monoisotopic (exact) mass is 424 g/mol. The van der Waals surface area contributed by atoms with Crippen molar-refractivity contribution >= 4 is 44.7 Å². The van der Waals surface area contributed by atoms with Gasteiger partial charge in [0.15, 0.2) is 0 Å². The van der Waals surface area contributed by atoms with Gasteiger partial charge in [0.25, 0.3) is 0 Å². The van der Waals surface area contributed by atoms with Crippen molar-refractivity contribution in [1.82, 2.24) is 10.3 Å². The van der Waals surface area contributed by atoms with Crippen LogP contribution in [0, 0.1) is 5.92 Å². The Balaban J connectivity index is 2.01. The molecule has 0 radical (unpaired) electrons. The first-order chi connectivity index (χ1) is 12.5. The highest BCUT2D eigenvalue weighted by molar-refractivity contribution is 9.10. The van der Waals surface area contributed by atoms with E-state index in [1.807, 2.05) is 24.4 Å². The van der Waals surface area contributed by atoms with Crippen molar-refractivity contribution in [1.29, 1.82) is 0 Å². The molecule has 0 unspecified atom stereocenters. The van der Waals surface area contributed by atoms with Crippen LogP contribution >= 0.6 is 15.9 Å². The highest BCUT2D eigenvalue weighted by Crippen LogP contribution is 2.22. The van der Waals surface area contributed by atoms with Crippen LogP contribution in [0.15, 0.2) is 28.9 Å². The van der Waals surface area contributed by atoms with E-state index >= 15 is 0 Å². The molecule has 0 atom stereocenters. The lowest BCUT2D eigenvalue weighted by atomic mass is 10.1. The largest absolute Gasteiger partial charge is 0.465 e. The van der Waals surface area contributed by atoms with Gasteiger partial charge in [0, 0.05) is 28.1 Å². The summed E-state index contributed by atoms with van der Waals surface area (Å²) in [4.78, 5) is 39.3. The summed E-state index contributed by atoms with van der Waals surface area (Å²) in [5, 5.41) is 3.66. The van der Waals surface area contributed by atoms with Gasteiger partial charge >= 0.3 is 11.9 Å². The molecule has 0 spiro atoms. The number of esters is 2. The second-order valence-electron chi connectivity index (χ2n) is 5.48. The summed E-state index contributed by atoms with van der Waals surface area (Å²) in [5.41, 5.74) is 2.01. The zero-order valence-electron chi connectivity index (χ0n) is 14.6. The third-order valence-electron chi connectivity index (χ3n) is 3.73. The lowest BCUT2D eigenvalue weighted by Gasteiger charge is -2.14. The Morgan fingerprint density at radius 2 is 1.81 bits per heavy atom. The van der Waals surface area contributed by atoms with Gasteiger partial charge < -0.3 is 19.8 Å². The number of amides is 1. The molecule has 0 aliphatic rings. The summed E-state index contributed by atoms with van der Waals surface area (Å²) in [7, 11) is 0. The van der Waals surface area contributed by atoms with Gasteiger partial charge in [0.1, 0.15) is 0 Å². The topological polar surface area (TPSA) is 97.5 Å². The number of ether oxygens (including phenoxy) is 2. The summed E-state index contributed by atoms with van der Waals surface area (Å²) >= 11 is 3.44. The second-order valence-corrected chi connectivity index (χ2v) is 6.40. The molecule has 0 fully saturated rings. The molecule has 26 heavy (non-hydrogen) atoms. The molecular weight excluding hydrogens is 404 g/mol. The lowest BCUT2D eigenvalue weighted by Crippen LogP contribution is -2.42. The number of nitrogens with one attached hydrogen (secondary N) is 2. The van der Waals surface area contributed by atoms with Crippen LogP contribution in [-0.2, 0) is 30.3 Å². The molecule has 1 aromatic heterocycles. The van der Waals surface area contributed by atoms with E-state index < -0.39 is 23.8 Å². The maximum atomic E-state index is 12.3. The van der Waals surface area contributed by atoms with E-state index in [0.29, 0.717) is 6.42 Å². The van der Waals surface area contributed by atoms with Gasteiger partial charge in [-0.3, -0.25) is 14.4 Å². The van der Waals surface area contributed by atoms with Crippen LogP contribution in [-0.4, -0.2) is 42.6 Å². The number of carbonyl (C=O) groups is 3. The Labute approximate surface area is 159 Å². The fourth-order valence-corrected chi connectivity index (χ4v) is 2.90. The number of carbonyl (C=O) groups excluding carboxylic acids is 3. The molecule has 1 aromatic carbocycles. The smallest absolute Gasteiger partial charge is 0.330 e. The van der Waals surface area contributed by atoms with Crippen LogP contribution in [0.1, 0.15) is 19.4 Å². The van der Waals surface area contributed by atoms with Crippen LogP contribution in [0.3, 0.4) is 0 Å². The standard InChI is InChI=1S/C18H21BrN2O5/c1-3-25-17(23)15(18(24)26-4-2)16(22)20-8-7-11-10-21-14-6-5-12(19)9-13(11)14/h5-6,9-10,15,21H,3-4,7-8H2,1-2H3,(H,20,22). The van der Waals surface area contributed by atoms with Crippen LogP contribution in [0.4, 0.5) is 0 Å². The number of halogens is 1. The van der Waals surface area contributed by atoms with E-state index in [0.717, 1.165) is 20.9 Å². The minimum absolute atomic E-state index is 0.0756. The van der Waals surface area contributed by atoms with Crippen molar-refractivity contribution in [2.45, 2.75) is 20.3 Å². The molecular formula is C18H21BrN2O5. The van der Waals surface area contributed by atoms with Gasteiger partial charge in [0.05, 0.1) is 13.2 Å². The fraction of sp³-hybridized carbons (Fsp3) is 0.389. The SMILES string of the molecule is CCOC(=O)C(C(=O)NCCc1c[nH]c2ccc(Br)cc12)C(=O)OCC. The second kappa shape index (κ2) is 9.38. The number of H-pyrrole nitrogens is 1. The Kier molecular flexibility index (Phi) is 7.20. The summed E-state index contributed by atoms with van der Waals surface area (Å²) in [6.45, 7) is 3.63. The van der Waals surface area contributed by atoms with Crippen molar-refractivity contribution in [3.05, 3.63) is 34.4 Å². The predicted octanol–water partition coefficient (Wildman–Crippen LogP) is 2.33. The zero-order chi connectivity index (χ0) is 19.1. The Morgan fingerprint density at radius 1 is 1.15 bits per heavy atom. The number of aromatic nitrogens is 1. The van der Waals surface area contributed by atoms with E-state index in [1.54, 1.807) is 13.8 Å². The first kappa shape index (κ1) is 20.0. The van der Waals surface area contributed by atoms with Crippen molar-refractivity contribution < 1.29 is 23.9 Å². The van der Waals surface area contributed by atoms with Crippen LogP contribution < -0.4 is 5.32 Å². The number of benzene rings is 1. The van der Waals surface area contributed by atoms with Gasteiger partial charge in [-0.2, -0.15) is 0 Å². The Morgan fingerprint density at radius 3 is 2.42 bits per heavy atom. The van der Waals surface area contributed by atoms with Gasteiger partial charge in [0.2, 0.25) is 11.8 Å². The molecule has 1 heterocycles. The molecule has 7 nitrogen and oxygen atoms in total. The minimum Gasteiger partial charge on any atom is -0.465 e. The fourth-order valence-electron chi connectivity index (χ4n) is 2.54. The average molecular weight is 425 g/mol. The highest BCUT2D eigenvalue weighted by atomic mass is 79.9. The van der Waals surface area contributed by atoms with Crippen molar-refractivity contribution in [2.75, 3.05) is 19.8 Å². The maximum absolute atomic E-state index is 12.3. The molecule has 2 aromatic rings. The molecule has 2 rings (SSSR count). The van der Waals surface area contributed by atoms with E-state index in [9.17, 15) is 14.4 Å². The van der Waals surface area contributed by atoms with Gasteiger partial charge in [-0.05, 0) is 44.0 Å². The lowest BCUT2D eigenvalue weighted by molar-refractivity contribution is -0.164. The quantitative estimate of drug-likeness (QED) is 0.500. The molecule has 0 aliphatic heterocycles. The summed E-state index contributed by atoms with van der Waals surface area (Å²) in [6.07, 6.45) is 2.41. The average Bonchev–Trinajstić information content (AvgIpc) is 2.98. The van der Waals surface area contributed by atoms with Gasteiger partial charge in [-0.1, -0.05) is 15.9 Å². The van der Waals surface area contributed by atoms with E-state index in [-0.39, 0.29) is 19.8 Å². The van der Waals surface area contributed by atoms with Crippen molar-refractivity contribution in [3.8, 4) is 0 Å². The highest BCUT2D eigenvalue weighted by Gasteiger charge is 2.36. The number of aromatic amines is 1. The predicted molar refractivity (Wildman–Crippen MR) is 99.5 cm³/mol. The third kappa shape index (κ3) is 4.85. The van der Waals surface area contributed by atoms with E-state index in [1.165, 1.54) is 0 Å². The van der Waals surface area contributed by atoms with Crippen LogP contribution in [0.2, 0.25) is 0 Å². The summed E-state index contributed by atoms with van der Waals surface area (Å²) in [6, 6.07) is 5.88. The molecule has 0 bridgehead atoms. The molecule has 1 amide bonds. The molecule has 140 valence electrons. The van der Waals surface area contributed by atoms with Gasteiger partial charge in [-0.25, -0.2) is 0 Å². The van der Waals surface area contributed by atoms with Crippen LogP contribution in [0.25, 0.3) is 10.9 Å². The van der Waals surface area contributed by atoms with E-state index in [4.69, 9.17) is 9.47 Å². The van der Waals surface area contributed by atoms with Gasteiger partial charge in [-0.15, -0.1) is 0 Å². The minimum atomic E-state index is -1.60. The summed E-state index contributed by atoms with van der Waals surface area (Å²) in [5.74, 6) is -4.13. The third-order valence-corrected chi connectivity index (χ3v) is 4.22. The maximum Gasteiger partial charge on any atom is 0.330 e. The number of hydrogen-bond acceptors (Lipinski definition) is 5. The molecule has 2 N–H and O–H groups in total. The molecule has 0 aliphatic carbocycles. The normalized spacial score (nSPS) is 10.8.